The standard InChI is InChI=1S/C16H21NO4/c1-10-6-11(2)13(12(3)7-10)8-15(18)17-4-5-21-9-14(17)16(19)20/h6-7,14H,4-5,8-9H2,1-3H3,(H,19,20). The topological polar surface area (TPSA) is 66.8 Å². The third kappa shape index (κ3) is 3.42. The van der Waals surface area contributed by atoms with Crippen molar-refractivity contribution in [1.82, 2.24) is 4.90 Å². The van der Waals surface area contributed by atoms with Gasteiger partial charge in [-0.25, -0.2) is 4.79 Å². The Hall–Kier alpha value is -1.88. The Labute approximate surface area is 124 Å². The van der Waals surface area contributed by atoms with Crippen LogP contribution >= 0.6 is 0 Å². The molecule has 2 rings (SSSR count). The van der Waals surface area contributed by atoms with Crippen molar-refractivity contribution in [2.24, 2.45) is 0 Å². The van der Waals surface area contributed by atoms with Crippen LogP contribution in [0, 0.1) is 20.8 Å². The highest BCUT2D eigenvalue weighted by Crippen LogP contribution is 2.19. The smallest absolute Gasteiger partial charge is 0.328 e. The van der Waals surface area contributed by atoms with Gasteiger partial charge in [0, 0.05) is 6.54 Å². The van der Waals surface area contributed by atoms with Crippen LogP contribution in [0.4, 0.5) is 0 Å². The van der Waals surface area contributed by atoms with E-state index in [1.54, 1.807) is 0 Å². The second kappa shape index (κ2) is 6.26. The highest BCUT2D eigenvalue weighted by atomic mass is 16.5. The second-order valence-corrected chi connectivity index (χ2v) is 5.57. The van der Waals surface area contributed by atoms with Crippen molar-refractivity contribution in [3.05, 3.63) is 34.4 Å². The lowest BCUT2D eigenvalue weighted by atomic mass is 9.96. The largest absolute Gasteiger partial charge is 0.480 e. The molecule has 1 saturated heterocycles. The first-order valence-corrected chi connectivity index (χ1v) is 7.07. The molecule has 0 spiro atoms. The van der Waals surface area contributed by atoms with E-state index in [9.17, 15) is 14.7 Å². The van der Waals surface area contributed by atoms with Crippen LogP contribution < -0.4 is 0 Å². The number of rotatable bonds is 3. The highest BCUT2D eigenvalue weighted by molar-refractivity contribution is 5.85. The zero-order valence-corrected chi connectivity index (χ0v) is 12.7. The number of hydrogen-bond acceptors (Lipinski definition) is 3. The van der Waals surface area contributed by atoms with E-state index in [0.717, 1.165) is 22.3 Å². The van der Waals surface area contributed by atoms with E-state index in [0.29, 0.717) is 13.2 Å². The highest BCUT2D eigenvalue weighted by Gasteiger charge is 2.32. The molecule has 5 nitrogen and oxygen atoms in total. The van der Waals surface area contributed by atoms with Crippen LogP contribution in [-0.2, 0) is 20.7 Å². The van der Waals surface area contributed by atoms with E-state index >= 15 is 0 Å². The molecule has 1 atom stereocenters. The second-order valence-electron chi connectivity index (χ2n) is 5.57. The lowest BCUT2D eigenvalue weighted by molar-refractivity contribution is -0.158. The van der Waals surface area contributed by atoms with Gasteiger partial charge in [-0.1, -0.05) is 17.7 Å². The van der Waals surface area contributed by atoms with E-state index < -0.39 is 12.0 Å². The summed E-state index contributed by atoms with van der Waals surface area (Å²) < 4.78 is 5.16. The van der Waals surface area contributed by atoms with E-state index in [4.69, 9.17) is 4.74 Å². The van der Waals surface area contributed by atoms with Gasteiger partial charge in [0.05, 0.1) is 19.6 Å². The number of benzene rings is 1. The van der Waals surface area contributed by atoms with Gasteiger partial charge in [-0.3, -0.25) is 4.79 Å². The predicted octanol–water partition coefficient (Wildman–Crippen LogP) is 1.47. The number of carbonyl (C=O) groups is 2. The van der Waals surface area contributed by atoms with Crippen molar-refractivity contribution in [3.63, 3.8) is 0 Å². The number of hydrogen-bond donors (Lipinski definition) is 1. The van der Waals surface area contributed by atoms with Crippen molar-refractivity contribution >= 4 is 11.9 Å². The van der Waals surface area contributed by atoms with Crippen molar-refractivity contribution in [2.75, 3.05) is 19.8 Å². The molecule has 1 fully saturated rings. The van der Waals surface area contributed by atoms with Crippen LogP contribution in [0.2, 0.25) is 0 Å². The minimum absolute atomic E-state index is 0.0624. The van der Waals surface area contributed by atoms with Gasteiger partial charge in [-0.15, -0.1) is 0 Å². The van der Waals surface area contributed by atoms with Gasteiger partial charge in [0.2, 0.25) is 5.91 Å². The van der Waals surface area contributed by atoms with E-state index in [1.807, 2.05) is 32.9 Å². The fraction of sp³-hybridized carbons (Fsp3) is 0.500. The molecule has 1 aliphatic rings. The molecule has 1 aromatic rings. The summed E-state index contributed by atoms with van der Waals surface area (Å²) in [6.07, 6.45) is 0.238. The molecule has 0 aromatic heterocycles. The first-order chi connectivity index (χ1) is 9.90. The molecule has 1 aromatic carbocycles. The number of morpholine rings is 1. The predicted molar refractivity (Wildman–Crippen MR) is 78.3 cm³/mol. The normalized spacial score (nSPS) is 18.6. The van der Waals surface area contributed by atoms with Gasteiger partial charge < -0.3 is 14.7 Å². The molecule has 1 aliphatic heterocycles. The van der Waals surface area contributed by atoms with Gasteiger partial charge >= 0.3 is 5.97 Å². The monoisotopic (exact) mass is 291 g/mol. The van der Waals surface area contributed by atoms with Crippen molar-refractivity contribution < 1.29 is 19.4 Å². The molecular formula is C16H21NO4. The first-order valence-electron chi connectivity index (χ1n) is 7.07. The van der Waals surface area contributed by atoms with Crippen molar-refractivity contribution in [1.29, 1.82) is 0 Å². The van der Waals surface area contributed by atoms with Gasteiger partial charge in [0.15, 0.2) is 6.04 Å². The zero-order chi connectivity index (χ0) is 15.6. The number of ether oxygens (including phenoxy) is 1. The molecule has 0 saturated carbocycles. The Balaban J connectivity index is 2.19. The quantitative estimate of drug-likeness (QED) is 0.915. The third-order valence-corrected chi connectivity index (χ3v) is 3.90. The molecule has 114 valence electrons. The van der Waals surface area contributed by atoms with E-state index in [-0.39, 0.29) is 18.9 Å². The van der Waals surface area contributed by atoms with Crippen LogP contribution in [0.25, 0.3) is 0 Å². The summed E-state index contributed by atoms with van der Waals surface area (Å²) in [4.78, 5) is 25.1. The molecule has 0 bridgehead atoms. The van der Waals surface area contributed by atoms with Crippen molar-refractivity contribution in [3.8, 4) is 0 Å². The Morgan fingerprint density at radius 3 is 2.48 bits per heavy atom. The minimum atomic E-state index is -1.01. The Bertz CT molecular complexity index is 544. The molecule has 1 heterocycles. The zero-order valence-electron chi connectivity index (χ0n) is 12.7. The van der Waals surface area contributed by atoms with Crippen LogP contribution in [-0.4, -0.2) is 47.7 Å². The maximum atomic E-state index is 12.5. The minimum Gasteiger partial charge on any atom is -0.480 e. The maximum Gasteiger partial charge on any atom is 0.328 e. The van der Waals surface area contributed by atoms with E-state index in [2.05, 4.69) is 0 Å². The molecule has 1 unspecified atom stereocenters. The SMILES string of the molecule is Cc1cc(C)c(CC(=O)N2CCOCC2C(=O)O)c(C)c1. The third-order valence-electron chi connectivity index (χ3n) is 3.90. The molecule has 21 heavy (non-hydrogen) atoms. The van der Waals surface area contributed by atoms with Gasteiger partial charge in [-0.05, 0) is 37.5 Å². The van der Waals surface area contributed by atoms with Gasteiger partial charge in [0.1, 0.15) is 0 Å². The molecule has 1 amide bonds. The summed E-state index contributed by atoms with van der Waals surface area (Å²) in [5, 5.41) is 9.20. The number of aryl methyl sites for hydroxylation is 3. The summed E-state index contributed by atoms with van der Waals surface area (Å²) in [5.41, 5.74) is 4.29. The number of carboxylic acids is 1. The Morgan fingerprint density at radius 1 is 1.29 bits per heavy atom. The molecule has 0 radical (unpaired) electrons. The van der Waals surface area contributed by atoms with Gasteiger partial charge in [0.25, 0.3) is 0 Å². The van der Waals surface area contributed by atoms with Crippen LogP contribution in [0.15, 0.2) is 12.1 Å². The lowest BCUT2D eigenvalue weighted by Gasteiger charge is -2.33. The molecule has 5 heteroatoms. The maximum absolute atomic E-state index is 12.5. The van der Waals surface area contributed by atoms with Crippen LogP contribution in [0.1, 0.15) is 22.3 Å². The number of nitrogens with zero attached hydrogens (tertiary/aromatic N) is 1. The van der Waals surface area contributed by atoms with Crippen LogP contribution in [0.3, 0.4) is 0 Å². The lowest BCUT2D eigenvalue weighted by Crippen LogP contribution is -2.53. The molecule has 0 aliphatic carbocycles. The summed E-state index contributed by atoms with van der Waals surface area (Å²) in [6, 6.07) is 3.21. The number of carbonyl (C=O) groups excluding carboxylic acids is 1. The Kier molecular flexibility index (Phi) is 4.63. The first kappa shape index (κ1) is 15.5. The number of amides is 1. The van der Waals surface area contributed by atoms with E-state index in [1.165, 1.54) is 4.90 Å². The Morgan fingerprint density at radius 2 is 1.90 bits per heavy atom. The fourth-order valence-corrected chi connectivity index (χ4v) is 2.85. The van der Waals surface area contributed by atoms with Gasteiger partial charge in [-0.2, -0.15) is 0 Å². The molecule has 1 N–H and O–H groups in total. The van der Waals surface area contributed by atoms with Crippen molar-refractivity contribution in [2.45, 2.75) is 33.2 Å². The van der Waals surface area contributed by atoms with Crippen LogP contribution in [0.5, 0.6) is 0 Å². The summed E-state index contributed by atoms with van der Waals surface area (Å²) in [6.45, 7) is 6.77. The average Bonchev–Trinajstić information content (AvgIpc) is 2.42. The summed E-state index contributed by atoms with van der Waals surface area (Å²) in [7, 11) is 0. The average molecular weight is 291 g/mol. The number of carboxylic acid groups (broad SMARTS) is 1. The number of aliphatic carboxylic acids is 1. The molecular weight excluding hydrogens is 270 g/mol. The fourth-order valence-electron chi connectivity index (χ4n) is 2.85. The summed E-state index contributed by atoms with van der Waals surface area (Å²) in [5.74, 6) is -1.17. The summed E-state index contributed by atoms with van der Waals surface area (Å²) >= 11 is 0.